The molecule has 5 heteroatoms. The minimum Gasteiger partial charge on any atom is -0.338 e. The molecular formula is C10H14N4O. The van der Waals surface area contributed by atoms with Crippen LogP contribution in [0.15, 0.2) is 18.5 Å². The second kappa shape index (κ2) is 4.35. The highest BCUT2D eigenvalue weighted by molar-refractivity contribution is 5.93. The number of carbonyl (C=O) groups is 1. The fourth-order valence-corrected chi connectivity index (χ4v) is 1.70. The van der Waals surface area contributed by atoms with Crippen molar-refractivity contribution in [1.29, 1.82) is 0 Å². The summed E-state index contributed by atoms with van der Waals surface area (Å²) in [5, 5.41) is 7.34. The Bertz CT molecular complexity index is 333. The van der Waals surface area contributed by atoms with Crippen molar-refractivity contribution < 1.29 is 4.79 Å². The Hall–Kier alpha value is -1.49. The fraction of sp³-hybridized carbons (Fsp3) is 0.500. The third-order valence-corrected chi connectivity index (χ3v) is 2.66. The molecule has 0 unspecified atom stereocenters. The van der Waals surface area contributed by atoms with Gasteiger partial charge in [0.15, 0.2) is 0 Å². The average molecular weight is 206 g/mol. The highest BCUT2D eigenvalue weighted by atomic mass is 16.2. The Morgan fingerprint density at radius 3 is 2.73 bits per heavy atom. The molecule has 1 aliphatic rings. The van der Waals surface area contributed by atoms with Crippen molar-refractivity contribution in [3.63, 3.8) is 0 Å². The standard InChI is InChI=1S/C10H14N4O/c11-9-2-5-14(6-3-9)10(15)8-1-4-12-13-7-8/h1,4,7,9H,2-3,5-6,11H2. The van der Waals surface area contributed by atoms with Crippen LogP contribution in [-0.4, -0.2) is 40.1 Å². The van der Waals surface area contributed by atoms with Gasteiger partial charge in [0.05, 0.1) is 18.0 Å². The third-order valence-electron chi connectivity index (χ3n) is 2.66. The summed E-state index contributed by atoms with van der Waals surface area (Å²) in [6.45, 7) is 1.48. The first kappa shape index (κ1) is 10.0. The largest absolute Gasteiger partial charge is 0.338 e. The van der Waals surface area contributed by atoms with Gasteiger partial charge < -0.3 is 10.6 Å². The Balaban J connectivity index is 2.03. The van der Waals surface area contributed by atoms with Crippen LogP contribution >= 0.6 is 0 Å². The number of nitrogens with two attached hydrogens (primary N) is 1. The van der Waals surface area contributed by atoms with Crippen LogP contribution in [0.1, 0.15) is 23.2 Å². The van der Waals surface area contributed by atoms with E-state index >= 15 is 0 Å². The predicted molar refractivity (Wildman–Crippen MR) is 55.1 cm³/mol. The minimum absolute atomic E-state index is 0.0248. The zero-order chi connectivity index (χ0) is 10.7. The van der Waals surface area contributed by atoms with Crippen molar-refractivity contribution in [2.45, 2.75) is 18.9 Å². The molecule has 1 aromatic heterocycles. The fourth-order valence-electron chi connectivity index (χ4n) is 1.70. The molecule has 1 aromatic rings. The van der Waals surface area contributed by atoms with Crippen LogP contribution in [0.3, 0.4) is 0 Å². The smallest absolute Gasteiger partial charge is 0.255 e. The third kappa shape index (κ3) is 2.30. The number of hydrogen-bond donors (Lipinski definition) is 1. The van der Waals surface area contributed by atoms with E-state index in [1.54, 1.807) is 6.07 Å². The summed E-state index contributed by atoms with van der Waals surface area (Å²) >= 11 is 0. The quantitative estimate of drug-likeness (QED) is 0.704. The van der Waals surface area contributed by atoms with Crippen molar-refractivity contribution in [1.82, 2.24) is 15.1 Å². The van der Waals surface area contributed by atoms with Gasteiger partial charge >= 0.3 is 0 Å². The van der Waals surface area contributed by atoms with Crippen LogP contribution in [0.2, 0.25) is 0 Å². The monoisotopic (exact) mass is 206 g/mol. The molecule has 0 saturated carbocycles. The van der Waals surface area contributed by atoms with Gasteiger partial charge in [-0.3, -0.25) is 4.79 Å². The molecule has 0 bridgehead atoms. The van der Waals surface area contributed by atoms with Crippen molar-refractivity contribution in [3.8, 4) is 0 Å². The maximum atomic E-state index is 11.9. The zero-order valence-corrected chi connectivity index (χ0v) is 8.47. The van der Waals surface area contributed by atoms with Crippen LogP contribution in [-0.2, 0) is 0 Å². The second-order valence-electron chi connectivity index (χ2n) is 3.76. The number of rotatable bonds is 1. The molecular weight excluding hydrogens is 192 g/mol. The maximum Gasteiger partial charge on any atom is 0.255 e. The molecule has 0 radical (unpaired) electrons. The van der Waals surface area contributed by atoms with Gasteiger partial charge in [0, 0.05) is 19.1 Å². The van der Waals surface area contributed by atoms with Gasteiger partial charge in [-0.1, -0.05) is 0 Å². The zero-order valence-electron chi connectivity index (χ0n) is 8.47. The molecule has 15 heavy (non-hydrogen) atoms. The van der Waals surface area contributed by atoms with Crippen molar-refractivity contribution >= 4 is 5.91 Å². The topological polar surface area (TPSA) is 72.1 Å². The Morgan fingerprint density at radius 2 is 2.13 bits per heavy atom. The van der Waals surface area contributed by atoms with Crippen LogP contribution in [0.4, 0.5) is 0 Å². The van der Waals surface area contributed by atoms with Crippen molar-refractivity contribution in [2.75, 3.05) is 13.1 Å². The summed E-state index contributed by atoms with van der Waals surface area (Å²) in [6, 6.07) is 1.92. The molecule has 1 aliphatic heterocycles. The molecule has 1 amide bonds. The van der Waals surface area contributed by atoms with E-state index in [2.05, 4.69) is 10.2 Å². The van der Waals surface area contributed by atoms with E-state index < -0.39 is 0 Å². The summed E-state index contributed by atoms with van der Waals surface area (Å²) in [5.74, 6) is 0.0248. The predicted octanol–water partition coefficient (Wildman–Crippen LogP) is 0.0399. The molecule has 0 atom stereocenters. The Kier molecular flexibility index (Phi) is 2.91. The highest BCUT2D eigenvalue weighted by Crippen LogP contribution is 2.11. The van der Waals surface area contributed by atoms with E-state index in [0.717, 1.165) is 25.9 Å². The SMILES string of the molecule is NC1CCN(C(=O)c2ccnnc2)CC1. The molecule has 2 rings (SSSR count). The van der Waals surface area contributed by atoms with Gasteiger partial charge in [0.25, 0.3) is 5.91 Å². The normalized spacial score (nSPS) is 17.8. The maximum absolute atomic E-state index is 11.9. The second-order valence-corrected chi connectivity index (χ2v) is 3.76. The number of aromatic nitrogens is 2. The molecule has 0 spiro atoms. The van der Waals surface area contributed by atoms with Crippen molar-refractivity contribution in [3.05, 3.63) is 24.0 Å². The number of hydrogen-bond acceptors (Lipinski definition) is 4. The lowest BCUT2D eigenvalue weighted by Crippen LogP contribution is -2.42. The number of likely N-dealkylation sites (tertiary alicyclic amines) is 1. The van der Waals surface area contributed by atoms with Gasteiger partial charge in [0.1, 0.15) is 0 Å². The van der Waals surface area contributed by atoms with Crippen LogP contribution in [0, 0.1) is 0 Å². The Labute approximate surface area is 88.3 Å². The Morgan fingerprint density at radius 1 is 1.40 bits per heavy atom. The average Bonchev–Trinajstić information content (AvgIpc) is 2.30. The highest BCUT2D eigenvalue weighted by Gasteiger charge is 2.21. The molecule has 2 heterocycles. The lowest BCUT2D eigenvalue weighted by atomic mass is 10.1. The summed E-state index contributed by atoms with van der Waals surface area (Å²) in [7, 11) is 0. The van der Waals surface area contributed by atoms with Gasteiger partial charge in [-0.2, -0.15) is 10.2 Å². The van der Waals surface area contributed by atoms with Crippen LogP contribution in [0.5, 0.6) is 0 Å². The first-order valence-electron chi connectivity index (χ1n) is 5.09. The summed E-state index contributed by atoms with van der Waals surface area (Å²) in [5.41, 5.74) is 6.37. The summed E-state index contributed by atoms with van der Waals surface area (Å²) < 4.78 is 0. The molecule has 1 fully saturated rings. The van der Waals surface area contributed by atoms with Crippen molar-refractivity contribution in [2.24, 2.45) is 5.73 Å². The molecule has 0 aromatic carbocycles. The van der Waals surface area contributed by atoms with E-state index in [1.807, 2.05) is 4.90 Å². The summed E-state index contributed by atoms with van der Waals surface area (Å²) in [4.78, 5) is 13.7. The van der Waals surface area contributed by atoms with Crippen LogP contribution in [0.25, 0.3) is 0 Å². The number of nitrogens with zero attached hydrogens (tertiary/aromatic N) is 3. The first-order chi connectivity index (χ1) is 7.27. The summed E-state index contributed by atoms with van der Waals surface area (Å²) in [6.07, 6.45) is 4.79. The number of carbonyl (C=O) groups excluding carboxylic acids is 1. The molecule has 80 valence electrons. The molecule has 2 N–H and O–H groups in total. The van der Waals surface area contributed by atoms with Crippen LogP contribution < -0.4 is 5.73 Å². The lowest BCUT2D eigenvalue weighted by molar-refractivity contribution is 0.0714. The van der Waals surface area contributed by atoms with Gasteiger partial charge in [-0.15, -0.1) is 0 Å². The van der Waals surface area contributed by atoms with E-state index in [0.29, 0.717) is 5.56 Å². The van der Waals surface area contributed by atoms with E-state index in [1.165, 1.54) is 12.4 Å². The van der Waals surface area contributed by atoms with Gasteiger partial charge in [-0.25, -0.2) is 0 Å². The lowest BCUT2D eigenvalue weighted by Gasteiger charge is -2.30. The van der Waals surface area contributed by atoms with E-state index in [-0.39, 0.29) is 11.9 Å². The molecule has 5 nitrogen and oxygen atoms in total. The van der Waals surface area contributed by atoms with Gasteiger partial charge in [-0.05, 0) is 18.9 Å². The van der Waals surface area contributed by atoms with Gasteiger partial charge in [0.2, 0.25) is 0 Å². The molecule has 0 aliphatic carbocycles. The minimum atomic E-state index is 0.0248. The first-order valence-corrected chi connectivity index (χ1v) is 5.09. The number of amides is 1. The number of piperidine rings is 1. The van der Waals surface area contributed by atoms with E-state index in [4.69, 9.17) is 5.73 Å². The molecule has 1 saturated heterocycles. The van der Waals surface area contributed by atoms with E-state index in [9.17, 15) is 4.79 Å².